The summed E-state index contributed by atoms with van der Waals surface area (Å²) in [7, 11) is 0. The molecule has 1 N–H and O–H groups in total. The second-order valence-electron chi connectivity index (χ2n) is 2.26. The predicted molar refractivity (Wildman–Crippen MR) is 41.2 cm³/mol. The van der Waals surface area contributed by atoms with Gasteiger partial charge in [0.25, 0.3) is 5.91 Å². The topological polar surface area (TPSA) is 42.2 Å². The van der Waals surface area contributed by atoms with Crippen LogP contribution in [0.4, 0.5) is 0 Å². The van der Waals surface area contributed by atoms with Crippen LogP contribution in [-0.2, 0) is 6.42 Å². The molecular weight excluding hydrogens is 181 g/mol. The first-order chi connectivity index (χ1) is 4.88. The van der Waals surface area contributed by atoms with Crippen LogP contribution in [0.25, 0.3) is 0 Å². The average molecular weight is 191 g/mol. The summed E-state index contributed by atoms with van der Waals surface area (Å²) in [5, 5.41) is 2.73. The standard InChI is InChI=1S/C7H7NO2.CH3.K/c9-7-5-2-4-10-6(5)1-3-8-7;;/h2,4H,1,3H2,(H,8,9);1H3;/q;-1;+1. The molecule has 0 radical (unpaired) electrons. The van der Waals surface area contributed by atoms with Gasteiger partial charge in [-0.1, -0.05) is 0 Å². The molecule has 0 bridgehead atoms. The third kappa shape index (κ3) is 2.20. The molecule has 1 aliphatic rings. The van der Waals surface area contributed by atoms with Crippen LogP contribution in [0.2, 0.25) is 0 Å². The quantitative estimate of drug-likeness (QED) is 0.381. The molecule has 2 rings (SSSR count). The van der Waals surface area contributed by atoms with Crippen molar-refractivity contribution in [1.29, 1.82) is 0 Å². The minimum Gasteiger partial charge on any atom is -0.468 e. The van der Waals surface area contributed by atoms with Gasteiger partial charge < -0.3 is 17.2 Å². The second-order valence-corrected chi connectivity index (χ2v) is 2.26. The van der Waals surface area contributed by atoms with E-state index in [2.05, 4.69) is 5.32 Å². The molecule has 0 saturated heterocycles. The predicted octanol–water partition coefficient (Wildman–Crippen LogP) is -1.98. The van der Waals surface area contributed by atoms with Gasteiger partial charge in [0.2, 0.25) is 0 Å². The Morgan fingerprint density at radius 1 is 1.50 bits per heavy atom. The monoisotopic (exact) mass is 191 g/mol. The average Bonchev–Trinajstić information content (AvgIpc) is 2.36. The molecule has 1 aromatic rings. The Bertz CT molecular complexity index is 270. The number of carbonyl (C=O) groups excluding carboxylic acids is 1. The third-order valence-electron chi connectivity index (χ3n) is 1.63. The molecule has 0 spiro atoms. The summed E-state index contributed by atoms with van der Waals surface area (Å²) in [6, 6.07) is 1.70. The van der Waals surface area contributed by atoms with E-state index in [4.69, 9.17) is 4.42 Å². The maximum absolute atomic E-state index is 11.0. The van der Waals surface area contributed by atoms with Gasteiger partial charge in [0.1, 0.15) is 5.76 Å². The molecule has 0 saturated carbocycles. The second kappa shape index (κ2) is 5.19. The maximum atomic E-state index is 11.0. The van der Waals surface area contributed by atoms with Crippen LogP contribution in [0.3, 0.4) is 0 Å². The minimum absolute atomic E-state index is 0. The van der Waals surface area contributed by atoms with Gasteiger partial charge in [0, 0.05) is 13.0 Å². The first kappa shape index (κ1) is 12.4. The van der Waals surface area contributed by atoms with Gasteiger partial charge in [-0.2, -0.15) is 0 Å². The molecule has 0 aromatic carbocycles. The Morgan fingerprint density at radius 3 is 2.92 bits per heavy atom. The number of carbonyl (C=O) groups is 1. The van der Waals surface area contributed by atoms with Crippen LogP contribution in [-0.4, -0.2) is 12.5 Å². The number of hydrogen-bond acceptors (Lipinski definition) is 2. The Balaban J connectivity index is 0.000000605. The summed E-state index contributed by atoms with van der Waals surface area (Å²) < 4.78 is 5.07. The normalized spacial score (nSPS) is 13.5. The van der Waals surface area contributed by atoms with Gasteiger partial charge in [-0.15, -0.1) is 0 Å². The van der Waals surface area contributed by atoms with Crippen molar-refractivity contribution in [3.8, 4) is 0 Å². The van der Waals surface area contributed by atoms with E-state index in [0.717, 1.165) is 12.2 Å². The van der Waals surface area contributed by atoms with Crippen LogP contribution < -0.4 is 56.7 Å². The van der Waals surface area contributed by atoms with E-state index >= 15 is 0 Å². The molecule has 0 fully saturated rings. The summed E-state index contributed by atoms with van der Waals surface area (Å²) in [4.78, 5) is 11.0. The summed E-state index contributed by atoms with van der Waals surface area (Å²) in [6.07, 6.45) is 2.36. The molecule has 12 heavy (non-hydrogen) atoms. The molecule has 3 nitrogen and oxygen atoms in total. The van der Waals surface area contributed by atoms with E-state index in [1.807, 2.05) is 0 Å². The van der Waals surface area contributed by atoms with Gasteiger partial charge in [0.05, 0.1) is 11.8 Å². The number of furan rings is 1. The van der Waals surface area contributed by atoms with Crippen LogP contribution in [0.5, 0.6) is 0 Å². The van der Waals surface area contributed by atoms with E-state index in [1.54, 1.807) is 12.3 Å². The molecule has 60 valence electrons. The summed E-state index contributed by atoms with van der Waals surface area (Å²) in [5.41, 5.74) is 0.686. The zero-order valence-electron chi connectivity index (χ0n) is 7.39. The van der Waals surface area contributed by atoms with Crippen molar-refractivity contribution < 1.29 is 60.6 Å². The van der Waals surface area contributed by atoms with E-state index in [9.17, 15) is 4.79 Å². The molecular formula is C8H10KNO2. The van der Waals surface area contributed by atoms with Gasteiger partial charge in [-0.3, -0.25) is 4.79 Å². The zero-order chi connectivity index (χ0) is 6.97. The van der Waals surface area contributed by atoms with E-state index < -0.39 is 0 Å². The van der Waals surface area contributed by atoms with Crippen molar-refractivity contribution >= 4 is 5.91 Å². The van der Waals surface area contributed by atoms with E-state index in [-0.39, 0.29) is 64.7 Å². The molecule has 2 heterocycles. The van der Waals surface area contributed by atoms with Crippen LogP contribution >= 0.6 is 0 Å². The fraction of sp³-hybridized carbons (Fsp3) is 0.250. The molecule has 0 aliphatic carbocycles. The van der Waals surface area contributed by atoms with Gasteiger partial charge >= 0.3 is 51.4 Å². The SMILES string of the molecule is O=C1NCCc2occc21.[CH3-].[K+]. The van der Waals surface area contributed by atoms with Gasteiger partial charge in [-0.25, -0.2) is 0 Å². The van der Waals surface area contributed by atoms with Crippen molar-refractivity contribution in [2.45, 2.75) is 6.42 Å². The maximum Gasteiger partial charge on any atom is 1.00 e. The minimum atomic E-state index is -0.0185. The molecule has 1 aliphatic heterocycles. The van der Waals surface area contributed by atoms with Crippen molar-refractivity contribution in [2.24, 2.45) is 0 Å². The number of fused-ring (bicyclic) bond motifs is 1. The van der Waals surface area contributed by atoms with E-state index in [0.29, 0.717) is 12.1 Å². The van der Waals surface area contributed by atoms with Gasteiger partial charge in [-0.05, 0) is 6.07 Å². The number of amides is 1. The van der Waals surface area contributed by atoms with E-state index in [1.165, 1.54) is 0 Å². The number of nitrogens with one attached hydrogen (secondary N) is 1. The molecule has 1 amide bonds. The first-order valence-electron chi connectivity index (χ1n) is 3.22. The number of hydrogen-bond donors (Lipinski definition) is 1. The van der Waals surface area contributed by atoms with Crippen LogP contribution in [0.1, 0.15) is 16.1 Å². The van der Waals surface area contributed by atoms with Crippen molar-refractivity contribution in [1.82, 2.24) is 5.32 Å². The third-order valence-corrected chi connectivity index (χ3v) is 1.63. The van der Waals surface area contributed by atoms with Crippen LogP contribution in [0.15, 0.2) is 16.7 Å². The van der Waals surface area contributed by atoms with Crippen LogP contribution in [0, 0.1) is 7.43 Å². The van der Waals surface area contributed by atoms with Crippen molar-refractivity contribution in [3.63, 3.8) is 0 Å². The molecule has 4 heteroatoms. The molecule has 0 unspecified atom stereocenters. The molecule has 0 atom stereocenters. The molecule has 1 aromatic heterocycles. The van der Waals surface area contributed by atoms with Crippen molar-refractivity contribution in [2.75, 3.05) is 6.54 Å². The Labute approximate surface area is 114 Å². The van der Waals surface area contributed by atoms with Crippen molar-refractivity contribution in [3.05, 3.63) is 31.1 Å². The van der Waals surface area contributed by atoms with Gasteiger partial charge in [0.15, 0.2) is 0 Å². The Hall–Kier alpha value is 0.386. The Kier molecular flexibility index (Phi) is 5.36. The summed E-state index contributed by atoms with van der Waals surface area (Å²) in [6.45, 7) is 0.694. The zero-order valence-corrected chi connectivity index (χ0v) is 10.5. The number of rotatable bonds is 0. The Morgan fingerprint density at radius 2 is 2.25 bits per heavy atom. The smallest absolute Gasteiger partial charge is 0.468 e. The first-order valence-corrected chi connectivity index (χ1v) is 3.22. The summed E-state index contributed by atoms with van der Waals surface area (Å²) in [5.74, 6) is 0.791. The summed E-state index contributed by atoms with van der Waals surface area (Å²) >= 11 is 0. The fourth-order valence-electron chi connectivity index (χ4n) is 1.12. The largest absolute Gasteiger partial charge is 1.00 e. The fourth-order valence-corrected chi connectivity index (χ4v) is 1.12.